The number of amides is 5. The number of nitrogens with two attached hydrogens (primary N) is 1. The van der Waals surface area contributed by atoms with E-state index < -0.39 is 17.9 Å². The molecule has 0 spiro atoms. The number of carbonyl (C=O) groups is 7. The highest BCUT2D eigenvalue weighted by Crippen LogP contribution is 2.33. The quantitative estimate of drug-likeness (QED) is 0.130. The second kappa shape index (κ2) is 27.9. The van der Waals surface area contributed by atoms with E-state index in [4.69, 9.17) is 24.7 Å². The van der Waals surface area contributed by atoms with Gasteiger partial charge in [0.1, 0.15) is 11.6 Å². The van der Waals surface area contributed by atoms with E-state index in [1.54, 1.807) is 14.2 Å². The largest absolute Gasteiger partial charge is 0.452 e. The molecule has 2 aliphatic heterocycles. The van der Waals surface area contributed by atoms with Crippen LogP contribution in [0, 0.1) is 23.7 Å². The van der Waals surface area contributed by atoms with Crippen molar-refractivity contribution in [3.8, 4) is 0 Å². The molecule has 0 radical (unpaired) electrons. The Morgan fingerprint density at radius 2 is 1.04 bits per heavy atom. The molecule has 0 aromatic heterocycles. The van der Waals surface area contributed by atoms with Crippen LogP contribution in [-0.4, -0.2) is 125 Å². The first-order valence-corrected chi connectivity index (χ1v) is 19.6. The van der Waals surface area contributed by atoms with Crippen molar-refractivity contribution in [1.29, 1.82) is 0 Å². The number of ketones is 2. The van der Waals surface area contributed by atoms with Crippen LogP contribution in [0.3, 0.4) is 0 Å². The van der Waals surface area contributed by atoms with E-state index in [9.17, 15) is 33.6 Å². The van der Waals surface area contributed by atoms with Crippen LogP contribution in [0.5, 0.6) is 0 Å². The Labute approximate surface area is 325 Å². The molecule has 0 saturated heterocycles. The lowest BCUT2D eigenvalue weighted by Gasteiger charge is -2.31. The zero-order chi connectivity index (χ0) is 40.4. The molecule has 4 unspecified atom stereocenters. The number of ether oxygens (including phenoxy) is 5. The van der Waals surface area contributed by atoms with Gasteiger partial charge in [-0.05, 0) is 68.7 Å². The first-order chi connectivity index (χ1) is 26.5. The average molecular weight is 778 g/mol. The second-order valence-electron chi connectivity index (χ2n) is 14.3. The monoisotopic (exact) mass is 777 g/mol. The maximum absolute atomic E-state index is 11.9. The van der Waals surface area contributed by atoms with Crippen LogP contribution in [0.25, 0.3) is 0 Å². The smallest absolute Gasteiger partial charge is 0.423 e. The summed E-state index contributed by atoms with van der Waals surface area (Å²) in [5.41, 5.74) is 5.73. The normalized spacial score (nSPS) is 22.0. The van der Waals surface area contributed by atoms with Crippen molar-refractivity contribution >= 4 is 41.3 Å². The minimum Gasteiger partial charge on any atom is -0.452 e. The third kappa shape index (κ3) is 19.2. The average Bonchev–Trinajstić information content (AvgIpc) is 3.70. The fourth-order valence-electron chi connectivity index (χ4n) is 7.09. The minimum atomic E-state index is -0.954. The van der Waals surface area contributed by atoms with Gasteiger partial charge >= 0.3 is 6.09 Å². The third-order valence-corrected chi connectivity index (χ3v) is 10.2. The fourth-order valence-corrected chi connectivity index (χ4v) is 7.09. The number of nitrogens with zero attached hydrogens (tertiary/aromatic N) is 2. The van der Waals surface area contributed by atoms with E-state index >= 15 is 0 Å². The topological polar surface area (TPSA) is 198 Å². The van der Waals surface area contributed by atoms with Crippen molar-refractivity contribution in [2.24, 2.45) is 29.4 Å². The molecular formula is C40H63N3O12. The molecule has 15 heteroatoms. The Bertz CT molecular complexity index is 1270. The molecule has 0 aromatic rings. The van der Waals surface area contributed by atoms with Crippen molar-refractivity contribution in [3.05, 3.63) is 24.3 Å². The molecule has 4 atom stereocenters. The molecule has 0 aromatic carbocycles. The van der Waals surface area contributed by atoms with Crippen LogP contribution >= 0.6 is 0 Å². The lowest BCUT2D eigenvalue weighted by atomic mass is 9.78. The van der Waals surface area contributed by atoms with Gasteiger partial charge in [-0.15, -0.1) is 0 Å². The summed E-state index contributed by atoms with van der Waals surface area (Å²) in [5, 5.41) is 0. The summed E-state index contributed by atoms with van der Waals surface area (Å²) in [4.78, 5) is 80.9. The molecule has 310 valence electrons. The number of rotatable bonds is 21. The van der Waals surface area contributed by atoms with Gasteiger partial charge in [-0.2, -0.15) is 4.90 Å². The van der Waals surface area contributed by atoms with Gasteiger partial charge < -0.3 is 29.4 Å². The maximum atomic E-state index is 11.9. The van der Waals surface area contributed by atoms with Crippen LogP contribution in [0.4, 0.5) is 4.79 Å². The van der Waals surface area contributed by atoms with Crippen molar-refractivity contribution in [2.75, 3.05) is 74.1 Å². The minimum absolute atomic E-state index is 0.198. The Morgan fingerprint density at radius 3 is 1.49 bits per heavy atom. The van der Waals surface area contributed by atoms with Gasteiger partial charge in [0.05, 0.1) is 46.8 Å². The highest BCUT2D eigenvalue weighted by Gasteiger charge is 2.31. The van der Waals surface area contributed by atoms with Gasteiger partial charge in [0, 0.05) is 70.8 Å². The summed E-state index contributed by atoms with van der Waals surface area (Å²) in [6.45, 7) is 4.55. The summed E-state index contributed by atoms with van der Waals surface area (Å²) < 4.78 is 24.6. The van der Waals surface area contributed by atoms with Crippen molar-refractivity contribution in [1.82, 2.24) is 9.80 Å². The lowest BCUT2D eigenvalue weighted by molar-refractivity contribution is -0.138. The fraction of sp³-hybridized carbons (Fsp3) is 0.725. The van der Waals surface area contributed by atoms with Crippen LogP contribution in [0.15, 0.2) is 24.3 Å². The molecule has 2 fully saturated rings. The van der Waals surface area contributed by atoms with Gasteiger partial charge in [0.15, 0.2) is 0 Å². The number of hydrogen-bond donors (Lipinski definition) is 1. The van der Waals surface area contributed by atoms with Gasteiger partial charge in [-0.25, -0.2) is 4.79 Å². The Morgan fingerprint density at radius 1 is 0.600 bits per heavy atom. The highest BCUT2D eigenvalue weighted by atomic mass is 16.5. The van der Waals surface area contributed by atoms with Gasteiger partial charge in [0.2, 0.25) is 0 Å². The van der Waals surface area contributed by atoms with Gasteiger partial charge in [0.25, 0.3) is 23.6 Å². The Balaban J connectivity index is 0.000000307. The number of carbonyl (C=O) groups excluding carboxylic acids is 7. The summed E-state index contributed by atoms with van der Waals surface area (Å²) >= 11 is 0. The molecular weight excluding hydrogens is 714 g/mol. The third-order valence-electron chi connectivity index (χ3n) is 10.2. The van der Waals surface area contributed by atoms with Crippen molar-refractivity contribution in [2.45, 2.75) is 89.9 Å². The zero-order valence-electron chi connectivity index (χ0n) is 33.0. The van der Waals surface area contributed by atoms with Crippen molar-refractivity contribution in [3.63, 3.8) is 0 Å². The van der Waals surface area contributed by atoms with Crippen molar-refractivity contribution < 1.29 is 57.2 Å². The van der Waals surface area contributed by atoms with Gasteiger partial charge in [-0.1, -0.05) is 25.7 Å². The Hall–Kier alpha value is -3.63. The second-order valence-corrected chi connectivity index (χ2v) is 14.3. The maximum Gasteiger partial charge on any atom is 0.423 e. The summed E-state index contributed by atoms with van der Waals surface area (Å²) in [5.74, 6) is 1.11. The van der Waals surface area contributed by atoms with E-state index in [0.29, 0.717) is 106 Å². The molecule has 55 heavy (non-hydrogen) atoms. The summed E-state index contributed by atoms with van der Waals surface area (Å²) in [7, 11) is 4.37. The molecule has 2 heterocycles. The Kier molecular flexibility index (Phi) is 24.1. The predicted molar refractivity (Wildman–Crippen MR) is 202 cm³/mol. The molecule has 4 aliphatic rings. The summed E-state index contributed by atoms with van der Waals surface area (Å²) in [6, 6.07) is 0. The standard InChI is InChI=1S/C19H29NO5.C15H29NO3.C6H5NO4/c1-24-11-12-25-10-9-17(21)6-5-15-3-2-4-16(13-15)14-20-18(22)7-8-19(20)23;1-18-9-10-19-8-7-15(17)6-5-13-3-2-4-14(11-13)12-16;1-11-6(10)7-4(8)2-3-5(7)9/h7-8,15-16H,2-6,9-14H2,1H3;13-14H,2-12,16H2,1H3;2-3H,1H3. The molecule has 4 rings (SSSR count). The van der Waals surface area contributed by atoms with E-state index in [0.717, 1.165) is 64.3 Å². The molecule has 15 nitrogen and oxygen atoms in total. The van der Waals surface area contributed by atoms with Gasteiger partial charge in [-0.3, -0.25) is 33.7 Å². The van der Waals surface area contributed by atoms with E-state index in [1.165, 1.54) is 42.7 Å². The number of Topliss-reactive ketones (excluding diaryl/α,β-unsaturated/α-hetero) is 2. The SMILES string of the molecule is COC(=O)N1C(=O)C=CC1=O.COCCOCCC(=O)CCC1CCCC(CN)C1.COCCOCCC(=O)CCC1CCCC(CN2C(=O)C=CC2=O)C1. The number of hydrogen-bond acceptors (Lipinski definition) is 13. The van der Waals surface area contributed by atoms with Crippen LogP contribution < -0.4 is 5.73 Å². The zero-order valence-corrected chi connectivity index (χ0v) is 33.0. The lowest BCUT2D eigenvalue weighted by Crippen LogP contribution is -2.36. The summed E-state index contributed by atoms with van der Waals surface area (Å²) in [6.07, 6.45) is 17.3. The molecule has 2 aliphatic carbocycles. The first-order valence-electron chi connectivity index (χ1n) is 19.6. The first kappa shape index (κ1) is 47.5. The number of imide groups is 4. The number of methoxy groups -OCH3 is 3. The van der Waals surface area contributed by atoms with Crippen LogP contribution in [-0.2, 0) is 52.5 Å². The van der Waals surface area contributed by atoms with E-state index in [2.05, 4.69) is 4.74 Å². The predicted octanol–water partition coefficient (Wildman–Crippen LogP) is 3.95. The molecule has 5 amide bonds. The molecule has 2 saturated carbocycles. The van der Waals surface area contributed by atoms with E-state index in [-0.39, 0.29) is 17.6 Å². The van der Waals surface area contributed by atoms with Crippen LogP contribution in [0.1, 0.15) is 89.9 Å². The molecule has 0 bridgehead atoms. The highest BCUT2D eigenvalue weighted by molar-refractivity contribution is 6.21. The van der Waals surface area contributed by atoms with E-state index in [1.807, 2.05) is 0 Å². The van der Waals surface area contributed by atoms with Crippen LogP contribution in [0.2, 0.25) is 0 Å². The molecule has 2 N–H and O–H groups in total.